The molecule has 0 radical (unpaired) electrons. The van der Waals surface area contributed by atoms with Crippen molar-refractivity contribution in [2.75, 3.05) is 0 Å². The summed E-state index contributed by atoms with van der Waals surface area (Å²) >= 11 is 0. The van der Waals surface area contributed by atoms with E-state index in [1.54, 1.807) is 12.1 Å². The van der Waals surface area contributed by atoms with Crippen molar-refractivity contribution in [2.24, 2.45) is 0 Å². The molecule has 64 valence electrons. The molecule has 0 amide bonds. The lowest BCUT2D eigenvalue weighted by molar-refractivity contribution is 0.474. The molecule has 1 nitrogen and oxygen atoms in total. The molecule has 0 aliphatic rings. The normalized spacial score (nSPS) is 9.75. The number of phenolic OH excluding ortho intramolecular Hbond substituents is 1. The Morgan fingerprint density at radius 2 is 2.25 bits per heavy atom. The van der Waals surface area contributed by atoms with Crippen LogP contribution in [0.25, 0.3) is 0 Å². The van der Waals surface area contributed by atoms with Crippen LogP contribution in [-0.4, -0.2) is 5.11 Å². The van der Waals surface area contributed by atoms with Crippen molar-refractivity contribution in [1.29, 1.82) is 0 Å². The molecule has 1 rings (SSSR count). The van der Waals surface area contributed by atoms with E-state index in [-0.39, 0.29) is 0 Å². The minimum Gasteiger partial charge on any atom is -0.508 e. The smallest absolute Gasteiger partial charge is 0.115 e. The van der Waals surface area contributed by atoms with Crippen LogP contribution in [0.2, 0.25) is 0 Å². The van der Waals surface area contributed by atoms with E-state index in [0.29, 0.717) is 5.75 Å². The summed E-state index contributed by atoms with van der Waals surface area (Å²) in [7, 11) is 0. The molecule has 0 aliphatic heterocycles. The van der Waals surface area contributed by atoms with Crippen LogP contribution in [0, 0.1) is 6.92 Å². The first-order valence-electron chi connectivity index (χ1n) is 4.13. The monoisotopic (exact) mass is 162 g/mol. The van der Waals surface area contributed by atoms with Gasteiger partial charge < -0.3 is 5.11 Å². The van der Waals surface area contributed by atoms with E-state index >= 15 is 0 Å². The first-order valence-corrected chi connectivity index (χ1v) is 4.13. The largest absolute Gasteiger partial charge is 0.508 e. The summed E-state index contributed by atoms with van der Waals surface area (Å²) in [4.78, 5) is 0. The van der Waals surface area contributed by atoms with E-state index in [0.717, 1.165) is 18.4 Å². The van der Waals surface area contributed by atoms with Gasteiger partial charge in [0.15, 0.2) is 0 Å². The fourth-order valence-electron chi connectivity index (χ4n) is 1.22. The van der Waals surface area contributed by atoms with Crippen molar-refractivity contribution in [3.8, 4) is 5.75 Å². The third-order valence-electron chi connectivity index (χ3n) is 1.94. The van der Waals surface area contributed by atoms with Crippen LogP contribution in [0.4, 0.5) is 0 Å². The standard InChI is InChI=1S/C11H14O/c1-3-4-5-10-6-7-11(12)8-9(10)2/h3,6-8,12H,1,4-5H2,2H3. The maximum atomic E-state index is 9.14. The van der Waals surface area contributed by atoms with Gasteiger partial charge in [-0.1, -0.05) is 12.1 Å². The van der Waals surface area contributed by atoms with E-state index in [2.05, 4.69) is 6.58 Å². The minimum atomic E-state index is 0.342. The maximum absolute atomic E-state index is 9.14. The van der Waals surface area contributed by atoms with Crippen molar-refractivity contribution in [2.45, 2.75) is 19.8 Å². The Labute approximate surface area is 73.4 Å². The zero-order valence-electron chi connectivity index (χ0n) is 7.38. The number of benzene rings is 1. The van der Waals surface area contributed by atoms with E-state index < -0.39 is 0 Å². The molecule has 1 aromatic carbocycles. The van der Waals surface area contributed by atoms with E-state index in [9.17, 15) is 0 Å². The van der Waals surface area contributed by atoms with Crippen LogP contribution in [-0.2, 0) is 6.42 Å². The summed E-state index contributed by atoms with van der Waals surface area (Å²) in [6.07, 6.45) is 3.91. The Morgan fingerprint density at radius 3 is 2.83 bits per heavy atom. The summed E-state index contributed by atoms with van der Waals surface area (Å²) in [5.74, 6) is 0.342. The average molecular weight is 162 g/mol. The van der Waals surface area contributed by atoms with Gasteiger partial charge in [-0.15, -0.1) is 6.58 Å². The molecule has 0 fully saturated rings. The van der Waals surface area contributed by atoms with Crippen LogP contribution >= 0.6 is 0 Å². The van der Waals surface area contributed by atoms with Gasteiger partial charge in [0.05, 0.1) is 0 Å². The number of allylic oxidation sites excluding steroid dienone is 1. The highest BCUT2D eigenvalue weighted by atomic mass is 16.3. The Hall–Kier alpha value is -1.24. The molecule has 0 unspecified atom stereocenters. The second-order valence-electron chi connectivity index (χ2n) is 2.94. The molecule has 0 heterocycles. The summed E-state index contributed by atoms with van der Waals surface area (Å²) in [6.45, 7) is 5.69. The average Bonchev–Trinajstić information content (AvgIpc) is 2.03. The topological polar surface area (TPSA) is 20.2 Å². The molecule has 0 aromatic heterocycles. The van der Waals surface area contributed by atoms with E-state index in [1.165, 1.54) is 5.56 Å². The van der Waals surface area contributed by atoms with Crippen molar-refractivity contribution < 1.29 is 5.11 Å². The molecule has 1 heteroatoms. The molecule has 0 aliphatic carbocycles. The Morgan fingerprint density at radius 1 is 1.50 bits per heavy atom. The number of hydrogen-bond acceptors (Lipinski definition) is 1. The molecule has 12 heavy (non-hydrogen) atoms. The molecule has 0 spiro atoms. The van der Waals surface area contributed by atoms with Crippen molar-refractivity contribution in [3.63, 3.8) is 0 Å². The first-order chi connectivity index (χ1) is 5.74. The lowest BCUT2D eigenvalue weighted by atomic mass is 10.0. The van der Waals surface area contributed by atoms with Gasteiger partial charge in [-0.25, -0.2) is 0 Å². The van der Waals surface area contributed by atoms with Crippen LogP contribution in [0.15, 0.2) is 30.9 Å². The fraction of sp³-hybridized carbons (Fsp3) is 0.273. The lowest BCUT2D eigenvalue weighted by Gasteiger charge is -2.03. The summed E-state index contributed by atoms with van der Waals surface area (Å²) < 4.78 is 0. The molecule has 0 atom stereocenters. The van der Waals surface area contributed by atoms with Gasteiger partial charge in [0.25, 0.3) is 0 Å². The molecule has 1 N–H and O–H groups in total. The van der Waals surface area contributed by atoms with Crippen LogP contribution < -0.4 is 0 Å². The number of aryl methyl sites for hydroxylation is 2. The van der Waals surface area contributed by atoms with Crippen molar-refractivity contribution >= 4 is 0 Å². The highest BCUT2D eigenvalue weighted by Crippen LogP contribution is 2.16. The van der Waals surface area contributed by atoms with Crippen LogP contribution in [0.5, 0.6) is 5.75 Å². The SMILES string of the molecule is C=CCCc1ccc(O)cc1C. The molecular formula is C11H14O. The van der Waals surface area contributed by atoms with Crippen LogP contribution in [0.1, 0.15) is 17.5 Å². The Bertz CT molecular complexity index is 276. The van der Waals surface area contributed by atoms with Gasteiger partial charge in [-0.05, 0) is 43.0 Å². The number of rotatable bonds is 3. The highest BCUT2D eigenvalue weighted by molar-refractivity contribution is 5.33. The molecular weight excluding hydrogens is 148 g/mol. The van der Waals surface area contributed by atoms with E-state index in [1.807, 2.05) is 19.1 Å². The van der Waals surface area contributed by atoms with Crippen molar-refractivity contribution in [3.05, 3.63) is 42.0 Å². The van der Waals surface area contributed by atoms with E-state index in [4.69, 9.17) is 5.11 Å². The molecule has 0 bridgehead atoms. The Kier molecular flexibility index (Phi) is 2.92. The second-order valence-corrected chi connectivity index (χ2v) is 2.94. The van der Waals surface area contributed by atoms with Crippen molar-refractivity contribution in [1.82, 2.24) is 0 Å². The quantitative estimate of drug-likeness (QED) is 0.677. The van der Waals surface area contributed by atoms with Gasteiger partial charge in [0.1, 0.15) is 5.75 Å². The number of hydrogen-bond donors (Lipinski definition) is 1. The maximum Gasteiger partial charge on any atom is 0.115 e. The predicted octanol–water partition coefficient (Wildman–Crippen LogP) is 2.82. The predicted molar refractivity (Wildman–Crippen MR) is 51.4 cm³/mol. The third-order valence-corrected chi connectivity index (χ3v) is 1.94. The zero-order valence-corrected chi connectivity index (χ0v) is 7.38. The lowest BCUT2D eigenvalue weighted by Crippen LogP contribution is -1.87. The summed E-state index contributed by atoms with van der Waals surface area (Å²) in [5, 5.41) is 9.14. The zero-order chi connectivity index (χ0) is 8.97. The first kappa shape index (κ1) is 8.85. The van der Waals surface area contributed by atoms with Gasteiger partial charge in [0, 0.05) is 0 Å². The van der Waals surface area contributed by atoms with Gasteiger partial charge in [-0.2, -0.15) is 0 Å². The van der Waals surface area contributed by atoms with Gasteiger partial charge >= 0.3 is 0 Å². The molecule has 0 saturated heterocycles. The third kappa shape index (κ3) is 2.12. The van der Waals surface area contributed by atoms with Crippen LogP contribution in [0.3, 0.4) is 0 Å². The fourth-order valence-corrected chi connectivity index (χ4v) is 1.22. The van der Waals surface area contributed by atoms with Gasteiger partial charge in [-0.3, -0.25) is 0 Å². The molecule has 1 aromatic rings. The van der Waals surface area contributed by atoms with Gasteiger partial charge in [0.2, 0.25) is 0 Å². The summed E-state index contributed by atoms with van der Waals surface area (Å²) in [5.41, 5.74) is 2.43. The molecule has 0 saturated carbocycles. The number of phenols is 1. The number of aromatic hydroxyl groups is 1. The minimum absolute atomic E-state index is 0.342. The summed E-state index contributed by atoms with van der Waals surface area (Å²) in [6, 6.07) is 5.48. The second kappa shape index (κ2) is 3.96. The Balaban J connectivity index is 2.78. The highest BCUT2D eigenvalue weighted by Gasteiger charge is 1.97.